The Kier molecular flexibility index (Phi) is 5.50. The van der Waals surface area contributed by atoms with E-state index >= 15 is 0 Å². The molecule has 222 valence electrons. The number of hydrogen-bond donors (Lipinski definition) is 0. The van der Waals surface area contributed by atoms with Gasteiger partial charge in [0.05, 0.1) is 28.1 Å². The summed E-state index contributed by atoms with van der Waals surface area (Å²) in [6.07, 6.45) is 0. The highest BCUT2D eigenvalue weighted by molar-refractivity contribution is 7.25. The number of para-hydroxylation sites is 2. The van der Waals surface area contributed by atoms with Gasteiger partial charge in [0, 0.05) is 53.1 Å². The van der Waals surface area contributed by atoms with Gasteiger partial charge in [0.1, 0.15) is 0 Å². The molecule has 1 aliphatic carbocycles. The van der Waals surface area contributed by atoms with Crippen molar-refractivity contribution in [1.82, 2.24) is 14.5 Å². The molecule has 3 heterocycles. The van der Waals surface area contributed by atoms with Gasteiger partial charge in [0.25, 0.3) is 0 Å². The first-order valence-corrected chi connectivity index (χ1v) is 16.9. The molecule has 3 nitrogen and oxygen atoms in total. The minimum Gasteiger partial charge on any atom is -0.308 e. The number of fused-ring (bicyclic) bond motifs is 9. The molecule has 47 heavy (non-hydrogen) atoms. The average molecular weight is 620 g/mol. The van der Waals surface area contributed by atoms with Crippen LogP contribution in [0, 0.1) is 0 Å². The summed E-state index contributed by atoms with van der Waals surface area (Å²) in [6.45, 7) is 4.58. The van der Waals surface area contributed by atoms with Gasteiger partial charge in [-0.25, -0.2) is 9.97 Å². The molecule has 0 bridgehead atoms. The van der Waals surface area contributed by atoms with Crippen molar-refractivity contribution in [3.05, 3.63) is 151 Å². The molecule has 9 aromatic rings. The summed E-state index contributed by atoms with van der Waals surface area (Å²) in [4.78, 5) is 10.9. The fraction of sp³-hybridized carbons (Fsp3) is 0.0698. The predicted molar refractivity (Wildman–Crippen MR) is 198 cm³/mol. The lowest BCUT2D eigenvalue weighted by molar-refractivity contribution is 0.636. The number of aromatic nitrogens is 3. The Balaban J connectivity index is 1.28. The van der Waals surface area contributed by atoms with Gasteiger partial charge in [-0.15, -0.1) is 11.3 Å². The summed E-state index contributed by atoms with van der Waals surface area (Å²) in [5.41, 5.74) is 11.0. The van der Waals surface area contributed by atoms with E-state index in [1.165, 1.54) is 53.1 Å². The summed E-state index contributed by atoms with van der Waals surface area (Å²) in [5, 5.41) is 5.12. The van der Waals surface area contributed by atoms with Gasteiger partial charge >= 0.3 is 0 Å². The molecule has 0 unspecified atom stereocenters. The maximum atomic E-state index is 5.46. The van der Waals surface area contributed by atoms with Crippen molar-refractivity contribution in [2.24, 2.45) is 0 Å². The molecular formula is C43H29N3S. The van der Waals surface area contributed by atoms with Crippen molar-refractivity contribution in [2.75, 3.05) is 0 Å². The largest absolute Gasteiger partial charge is 0.308 e. The average Bonchev–Trinajstić information content (AvgIpc) is 3.72. The Morgan fingerprint density at radius 2 is 1.26 bits per heavy atom. The van der Waals surface area contributed by atoms with Crippen LogP contribution in [0.5, 0.6) is 0 Å². The third kappa shape index (κ3) is 3.73. The normalized spacial score (nSPS) is 13.5. The fourth-order valence-corrected chi connectivity index (χ4v) is 8.89. The van der Waals surface area contributed by atoms with Crippen molar-refractivity contribution < 1.29 is 0 Å². The van der Waals surface area contributed by atoms with Crippen LogP contribution >= 0.6 is 11.3 Å². The molecule has 0 saturated carbocycles. The molecule has 0 radical (unpaired) electrons. The molecule has 3 aromatic heterocycles. The topological polar surface area (TPSA) is 30.7 Å². The number of rotatable bonds is 3. The second-order valence-electron chi connectivity index (χ2n) is 13.0. The quantitative estimate of drug-likeness (QED) is 0.197. The molecular weight excluding hydrogens is 591 g/mol. The van der Waals surface area contributed by atoms with Crippen molar-refractivity contribution in [3.8, 4) is 39.5 Å². The molecule has 0 N–H and O–H groups in total. The number of hydrogen-bond acceptors (Lipinski definition) is 3. The van der Waals surface area contributed by atoms with Crippen LogP contribution in [-0.4, -0.2) is 14.5 Å². The lowest BCUT2D eigenvalue weighted by Crippen LogP contribution is -2.17. The van der Waals surface area contributed by atoms with Crippen LogP contribution in [0.1, 0.15) is 25.1 Å². The van der Waals surface area contributed by atoms with E-state index in [4.69, 9.17) is 9.97 Å². The Morgan fingerprint density at radius 1 is 0.553 bits per heavy atom. The van der Waals surface area contributed by atoms with Crippen LogP contribution in [0.3, 0.4) is 0 Å². The molecule has 0 spiro atoms. The Hall–Kier alpha value is -5.58. The number of benzene rings is 6. The van der Waals surface area contributed by atoms with Gasteiger partial charge in [0.2, 0.25) is 0 Å². The molecule has 0 saturated heterocycles. The Morgan fingerprint density at radius 3 is 2.13 bits per heavy atom. The third-order valence-corrected chi connectivity index (χ3v) is 11.1. The number of nitrogens with zero attached hydrogens (tertiary/aromatic N) is 3. The SMILES string of the molecule is CC1(C)c2ccccc2-c2c(-c3ccccc3)nc(-c3ccccc3-n3c4ccccc4c4cc5c(cc43)sc3ccccc35)nc21. The standard InChI is InChI=1S/C43H29N3S/c1-43(2)33-20-10-6-18-29(33)39-40(26-14-4-3-5-15-26)44-42(45-41(39)43)30-19-8-12-22-35(30)46-34-21-11-7-16-27(34)31-24-32-28-17-9-13-23-37(28)47-38(32)25-36(31)46/h3-25H,1-2H3. The molecule has 0 atom stereocenters. The minimum absolute atomic E-state index is 0.262. The lowest BCUT2D eigenvalue weighted by atomic mass is 9.85. The summed E-state index contributed by atoms with van der Waals surface area (Å²) in [6, 6.07) is 50.2. The van der Waals surface area contributed by atoms with Crippen LogP contribution in [0.15, 0.2) is 140 Å². The van der Waals surface area contributed by atoms with Crippen LogP contribution in [0.2, 0.25) is 0 Å². The molecule has 0 amide bonds. The van der Waals surface area contributed by atoms with E-state index in [9.17, 15) is 0 Å². The molecule has 0 fully saturated rings. The zero-order valence-corrected chi connectivity index (χ0v) is 26.8. The van der Waals surface area contributed by atoms with E-state index in [1.54, 1.807) is 0 Å². The van der Waals surface area contributed by atoms with Gasteiger partial charge in [0.15, 0.2) is 5.82 Å². The molecule has 6 aromatic carbocycles. The first-order valence-electron chi connectivity index (χ1n) is 16.1. The Labute approximate surface area is 276 Å². The Bertz CT molecular complexity index is 2710. The summed E-state index contributed by atoms with van der Waals surface area (Å²) < 4.78 is 5.03. The van der Waals surface area contributed by atoms with E-state index < -0.39 is 0 Å². The highest BCUT2D eigenvalue weighted by Crippen LogP contribution is 2.51. The van der Waals surface area contributed by atoms with Crippen molar-refractivity contribution >= 4 is 53.3 Å². The molecule has 4 heteroatoms. The predicted octanol–water partition coefficient (Wildman–Crippen LogP) is 11.6. The minimum atomic E-state index is -0.262. The van der Waals surface area contributed by atoms with E-state index in [1.807, 2.05) is 11.3 Å². The van der Waals surface area contributed by atoms with Crippen LogP contribution in [0.4, 0.5) is 0 Å². The first-order chi connectivity index (χ1) is 23.1. The second kappa shape index (κ2) is 9.71. The van der Waals surface area contributed by atoms with Crippen LogP contribution < -0.4 is 0 Å². The van der Waals surface area contributed by atoms with Gasteiger partial charge < -0.3 is 4.57 Å². The van der Waals surface area contributed by atoms with E-state index in [2.05, 4.69) is 158 Å². The maximum absolute atomic E-state index is 5.46. The zero-order chi connectivity index (χ0) is 31.3. The van der Waals surface area contributed by atoms with Gasteiger partial charge in [-0.2, -0.15) is 0 Å². The lowest BCUT2D eigenvalue weighted by Gasteiger charge is -2.21. The summed E-state index contributed by atoms with van der Waals surface area (Å²) in [5.74, 6) is 0.743. The van der Waals surface area contributed by atoms with E-state index in [0.29, 0.717) is 0 Å². The molecule has 0 aliphatic heterocycles. The van der Waals surface area contributed by atoms with Gasteiger partial charge in [-0.3, -0.25) is 0 Å². The fourth-order valence-electron chi connectivity index (χ4n) is 7.77. The monoisotopic (exact) mass is 619 g/mol. The zero-order valence-electron chi connectivity index (χ0n) is 26.0. The maximum Gasteiger partial charge on any atom is 0.162 e. The van der Waals surface area contributed by atoms with Gasteiger partial charge in [-0.1, -0.05) is 117 Å². The smallest absolute Gasteiger partial charge is 0.162 e. The third-order valence-electron chi connectivity index (χ3n) is 9.97. The second-order valence-corrected chi connectivity index (χ2v) is 14.1. The highest BCUT2D eigenvalue weighted by Gasteiger charge is 2.39. The van der Waals surface area contributed by atoms with Crippen LogP contribution in [-0.2, 0) is 5.41 Å². The van der Waals surface area contributed by atoms with Gasteiger partial charge in [-0.05, 0) is 47.5 Å². The highest BCUT2D eigenvalue weighted by atomic mass is 32.1. The summed E-state index contributed by atoms with van der Waals surface area (Å²) in [7, 11) is 0. The molecule has 1 aliphatic rings. The molecule has 10 rings (SSSR count). The van der Waals surface area contributed by atoms with Crippen molar-refractivity contribution in [3.63, 3.8) is 0 Å². The van der Waals surface area contributed by atoms with E-state index in [0.717, 1.165) is 39.6 Å². The van der Waals surface area contributed by atoms with Crippen molar-refractivity contribution in [2.45, 2.75) is 19.3 Å². The summed E-state index contributed by atoms with van der Waals surface area (Å²) >= 11 is 1.86. The number of thiophene rings is 1. The first kappa shape index (κ1) is 26.6. The van der Waals surface area contributed by atoms with Crippen LogP contribution in [0.25, 0.3) is 81.4 Å². The van der Waals surface area contributed by atoms with Crippen molar-refractivity contribution in [1.29, 1.82) is 0 Å². The van der Waals surface area contributed by atoms with E-state index in [-0.39, 0.29) is 5.41 Å².